The SMILES string of the molecule is N#CCc1c[nH]cc(Cl)c1=O. The molecular weight excluding hydrogens is 164 g/mol. The summed E-state index contributed by atoms with van der Waals surface area (Å²) in [5, 5.41) is 8.41. The maximum Gasteiger partial charge on any atom is 0.204 e. The van der Waals surface area contributed by atoms with E-state index in [1.165, 1.54) is 12.4 Å². The summed E-state index contributed by atoms with van der Waals surface area (Å²) in [6.07, 6.45) is 2.97. The number of pyridine rings is 1. The summed E-state index contributed by atoms with van der Waals surface area (Å²) in [5.41, 5.74) is 0.131. The fourth-order valence-corrected chi connectivity index (χ4v) is 0.901. The first-order valence-electron chi connectivity index (χ1n) is 2.98. The fraction of sp³-hybridized carbons (Fsp3) is 0.143. The Morgan fingerprint density at radius 2 is 2.36 bits per heavy atom. The molecule has 0 spiro atoms. The van der Waals surface area contributed by atoms with Crippen LogP contribution in [-0.2, 0) is 6.42 Å². The lowest BCUT2D eigenvalue weighted by atomic mass is 10.2. The molecule has 0 aliphatic heterocycles. The van der Waals surface area contributed by atoms with Gasteiger partial charge in [0.1, 0.15) is 5.02 Å². The Hall–Kier alpha value is -1.27. The zero-order valence-corrected chi connectivity index (χ0v) is 6.35. The second kappa shape index (κ2) is 3.22. The van der Waals surface area contributed by atoms with Gasteiger partial charge in [-0.05, 0) is 0 Å². The van der Waals surface area contributed by atoms with Crippen molar-refractivity contribution in [2.24, 2.45) is 0 Å². The van der Waals surface area contributed by atoms with Gasteiger partial charge in [0.05, 0.1) is 12.5 Å². The molecule has 1 aromatic heterocycles. The highest BCUT2D eigenvalue weighted by molar-refractivity contribution is 6.30. The van der Waals surface area contributed by atoms with Crippen molar-refractivity contribution in [1.29, 1.82) is 5.26 Å². The highest BCUT2D eigenvalue weighted by atomic mass is 35.5. The number of H-pyrrole nitrogens is 1. The molecule has 0 saturated heterocycles. The fourth-order valence-electron chi connectivity index (χ4n) is 0.716. The molecule has 1 heterocycles. The molecule has 0 bridgehead atoms. The van der Waals surface area contributed by atoms with Crippen molar-refractivity contribution < 1.29 is 0 Å². The zero-order valence-electron chi connectivity index (χ0n) is 5.60. The highest BCUT2D eigenvalue weighted by Gasteiger charge is 2.00. The molecule has 1 rings (SSSR count). The van der Waals surface area contributed by atoms with Crippen molar-refractivity contribution in [3.8, 4) is 6.07 Å². The van der Waals surface area contributed by atoms with Crippen molar-refractivity contribution in [2.75, 3.05) is 0 Å². The number of nitriles is 1. The molecule has 0 unspecified atom stereocenters. The third kappa shape index (κ3) is 1.60. The van der Waals surface area contributed by atoms with E-state index in [1.54, 1.807) is 0 Å². The largest absolute Gasteiger partial charge is 0.366 e. The first-order valence-corrected chi connectivity index (χ1v) is 3.36. The van der Waals surface area contributed by atoms with Crippen molar-refractivity contribution in [1.82, 2.24) is 4.98 Å². The first kappa shape index (κ1) is 7.83. The van der Waals surface area contributed by atoms with Gasteiger partial charge in [-0.25, -0.2) is 0 Å². The number of hydrogen-bond donors (Lipinski definition) is 1. The van der Waals surface area contributed by atoms with Crippen LogP contribution in [-0.4, -0.2) is 4.98 Å². The van der Waals surface area contributed by atoms with E-state index in [0.29, 0.717) is 5.56 Å². The van der Waals surface area contributed by atoms with Crippen molar-refractivity contribution in [3.63, 3.8) is 0 Å². The Bertz CT molecular complexity index is 350. The summed E-state index contributed by atoms with van der Waals surface area (Å²) < 4.78 is 0. The van der Waals surface area contributed by atoms with E-state index in [9.17, 15) is 4.79 Å². The number of rotatable bonds is 1. The number of nitrogens with zero attached hydrogens (tertiary/aromatic N) is 1. The number of aromatic amines is 1. The summed E-state index contributed by atoms with van der Waals surface area (Å²) >= 11 is 5.50. The maximum absolute atomic E-state index is 11.1. The van der Waals surface area contributed by atoms with Crippen LogP contribution in [0.4, 0.5) is 0 Å². The van der Waals surface area contributed by atoms with Gasteiger partial charge < -0.3 is 4.98 Å². The third-order valence-electron chi connectivity index (χ3n) is 1.25. The molecule has 0 aromatic carbocycles. The molecule has 0 saturated carbocycles. The Morgan fingerprint density at radius 1 is 1.64 bits per heavy atom. The normalized spacial score (nSPS) is 9.09. The van der Waals surface area contributed by atoms with E-state index < -0.39 is 0 Å². The van der Waals surface area contributed by atoms with E-state index >= 15 is 0 Å². The van der Waals surface area contributed by atoms with Gasteiger partial charge in [0.25, 0.3) is 0 Å². The smallest absolute Gasteiger partial charge is 0.204 e. The monoisotopic (exact) mass is 168 g/mol. The van der Waals surface area contributed by atoms with Crippen molar-refractivity contribution in [2.45, 2.75) is 6.42 Å². The highest BCUT2D eigenvalue weighted by Crippen LogP contribution is 1.99. The summed E-state index contributed by atoms with van der Waals surface area (Å²) in [7, 11) is 0. The molecule has 1 N–H and O–H groups in total. The minimum atomic E-state index is -0.271. The standard InChI is InChI=1S/C7H5ClN2O/c8-6-4-10-3-5(1-2-9)7(6)11/h3-4H,1H2,(H,10,11). The van der Waals surface area contributed by atoms with E-state index in [2.05, 4.69) is 4.98 Å². The molecule has 4 heteroatoms. The molecule has 0 atom stereocenters. The van der Waals surface area contributed by atoms with Gasteiger partial charge in [-0.2, -0.15) is 5.26 Å². The van der Waals surface area contributed by atoms with Gasteiger partial charge in [-0.1, -0.05) is 11.6 Å². The lowest BCUT2D eigenvalue weighted by Crippen LogP contribution is -2.08. The Balaban J connectivity index is 3.20. The molecule has 0 aliphatic carbocycles. The lowest BCUT2D eigenvalue weighted by molar-refractivity contribution is 1.16. The van der Waals surface area contributed by atoms with E-state index in [1.807, 2.05) is 6.07 Å². The molecule has 3 nitrogen and oxygen atoms in total. The van der Waals surface area contributed by atoms with E-state index in [-0.39, 0.29) is 16.9 Å². The number of hydrogen-bond acceptors (Lipinski definition) is 2. The van der Waals surface area contributed by atoms with Gasteiger partial charge in [0.2, 0.25) is 5.43 Å². The van der Waals surface area contributed by atoms with Crippen LogP contribution in [0.2, 0.25) is 5.02 Å². The summed E-state index contributed by atoms with van der Waals surface area (Å²) in [6, 6.07) is 1.87. The second-order valence-electron chi connectivity index (χ2n) is 1.99. The average molecular weight is 169 g/mol. The van der Waals surface area contributed by atoms with Crippen molar-refractivity contribution >= 4 is 11.6 Å². The second-order valence-corrected chi connectivity index (χ2v) is 2.40. The van der Waals surface area contributed by atoms with Crippen LogP contribution in [0.25, 0.3) is 0 Å². The predicted molar refractivity (Wildman–Crippen MR) is 41.4 cm³/mol. The summed E-state index contributed by atoms with van der Waals surface area (Å²) in [4.78, 5) is 13.7. The van der Waals surface area contributed by atoms with Crippen LogP contribution in [0.5, 0.6) is 0 Å². The maximum atomic E-state index is 11.1. The molecule has 0 amide bonds. The minimum absolute atomic E-state index is 0.0931. The van der Waals surface area contributed by atoms with Gasteiger partial charge in [-0.3, -0.25) is 4.79 Å². The van der Waals surface area contributed by atoms with Crippen LogP contribution in [0, 0.1) is 11.3 Å². The molecule has 0 aliphatic rings. The molecular formula is C7H5ClN2O. The van der Waals surface area contributed by atoms with Crippen molar-refractivity contribution in [3.05, 3.63) is 33.2 Å². The third-order valence-corrected chi connectivity index (χ3v) is 1.53. The summed E-state index contributed by atoms with van der Waals surface area (Å²) in [6.45, 7) is 0. The quantitative estimate of drug-likeness (QED) is 0.683. The zero-order chi connectivity index (χ0) is 8.27. The number of halogens is 1. The molecule has 0 fully saturated rings. The predicted octanol–water partition coefficient (Wildman–Crippen LogP) is 1.09. The first-order chi connectivity index (χ1) is 5.25. The topological polar surface area (TPSA) is 56.6 Å². The van der Waals surface area contributed by atoms with Crippen LogP contribution < -0.4 is 5.43 Å². The van der Waals surface area contributed by atoms with Crippen LogP contribution in [0.15, 0.2) is 17.2 Å². The van der Waals surface area contributed by atoms with Gasteiger partial charge in [0.15, 0.2) is 0 Å². The Labute approximate surface area is 68.2 Å². The van der Waals surface area contributed by atoms with Gasteiger partial charge in [-0.15, -0.1) is 0 Å². The molecule has 56 valence electrons. The summed E-state index contributed by atoms with van der Waals surface area (Å²) in [5.74, 6) is 0. The number of nitrogens with one attached hydrogen (secondary N) is 1. The average Bonchev–Trinajstić information content (AvgIpc) is 1.99. The van der Waals surface area contributed by atoms with Crippen LogP contribution in [0.1, 0.15) is 5.56 Å². The van der Waals surface area contributed by atoms with Crippen LogP contribution in [0.3, 0.4) is 0 Å². The minimum Gasteiger partial charge on any atom is -0.366 e. The molecule has 0 radical (unpaired) electrons. The van der Waals surface area contributed by atoms with E-state index in [0.717, 1.165) is 0 Å². The lowest BCUT2D eigenvalue weighted by Gasteiger charge is -1.92. The Morgan fingerprint density at radius 3 is 3.00 bits per heavy atom. The van der Waals surface area contributed by atoms with E-state index in [4.69, 9.17) is 16.9 Å². The van der Waals surface area contributed by atoms with Gasteiger partial charge in [0, 0.05) is 18.0 Å². The Kier molecular flexibility index (Phi) is 2.29. The van der Waals surface area contributed by atoms with Crippen LogP contribution >= 0.6 is 11.6 Å². The van der Waals surface area contributed by atoms with Gasteiger partial charge >= 0.3 is 0 Å². The molecule has 11 heavy (non-hydrogen) atoms. The molecule has 1 aromatic rings. The number of aromatic nitrogens is 1.